The van der Waals surface area contributed by atoms with E-state index in [0.717, 1.165) is 0 Å². The van der Waals surface area contributed by atoms with Crippen molar-refractivity contribution in [2.75, 3.05) is 5.32 Å². The fraction of sp³-hybridized carbons (Fsp3) is 0.462. The van der Waals surface area contributed by atoms with Gasteiger partial charge in [0.25, 0.3) is 0 Å². The molecule has 0 aromatic carbocycles. The van der Waals surface area contributed by atoms with Crippen LogP contribution in [0.2, 0.25) is 5.02 Å². The quantitative estimate of drug-likeness (QED) is 0.385. The van der Waals surface area contributed by atoms with E-state index in [1.54, 1.807) is 12.1 Å². The van der Waals surface area contributed by atoms with Crippen molar-refractivity contribution in [3.8, 4) is 0 Å². The number of thiocarbonyl (C=S) groups is 1. The van der Waals surface area contributed by atoms with Gasteiger partial charge in [0.05, 0.1) is 5.02 Å². The molecule has 1 atom stereocenters. The highest BCUT2D eigenvalue weighted by molar-refractivity contribution is 7.80. The van der Waals surface area contributed by atoms with Crippen molar-refractivity contribution in [1.29, 1.82) is 0 Å². The maximum atomic E-state index is 11.9. The Morgan fingerprint density at radius 3 is 2.43 bits per heavy atom. The Bertz CT molecular complexity index is 548. The number of amides is 1. The molecule has 1 aromatic rings. The van der Waals surface area contributed by atoms with E-state index in [1.165, 1.54) is 6.20 Å². The molecule has 23 heavy (non-hydrogen) atoms. The van der Waals surface area contributed by atoms with Gasteiger partial charge in [0.2, 0.25) is 9.70 Å². The van der Waals surface area contributed by atoms with Gasteiger partial charge in [0, 0.05) is 12.6 Å². The molecule has 1 unspecified atom stereocenters. The summed E-state index contributed by atoms with van der Waals surface area (Å²) in [6.07, 6.45) is 0.771. The fourth-order valence-corrected chi connectivity index (χ4v) is 2.19. The van der Waals surface area contributed by atoms with Gasteiger partial charge in [-0.05, 0) is 30.3 Å². The minimum Gasteiger partial charge on any atom is -0.339 e. The van der Waals surface area contributed by atoms with Crippen LogP contribution >= 0.6 is 58.6 Å². The third kappa shape index (κ3) is 8.22. The first-order valence-corrected chi connectivity index (χ1v) is 8.55. The maximum absolute atomic E-state index is 11.9. The average molecular weight is 418 g/mol. The summed E-state index contributed by atoms with van der Waals surface area (Å²) in [6, 6.07) is 3.29. The Kier molecular flexibility index (Phi) is 8.10. The SMILES string of the molecule is CC(C)CC(=O)NC(NC(=S)Nc1ccc(Cl)cn1)C(Cl)(Cl)Cl. The lowest BCUT2D eigenvalue weighted by atomic mass is 10.1. The first-order chi connectivity index (χ1) is 10.6. The summed E-state index contributed by atoms with van der Waals surface area (Å²) in [7, 11) is 0. The summed E-state index contributed by atoms with van der Waals surface area (Å²) in [4.78, 5) is 15.9. The molecule has 0 radical (unpaired) electrons. The number of carbonyl (C=O) groups excluding carboxylic acids is 1. The standard InChI is InChI=1S/C13H16Cl4N4OS/c1-7(2)5-10(22)20-11(13(15,16)17)21-12(23)19-9-4-3-8(14)6-18-9/h3-4,6-7,11H,5H2,1-2H3,(H,20,22)(H2,18,19,21,23). The molecule has 1 aromatic heterocycles. The smallest absolute Gasteiger partial charge is 0.228 e. The molecule has 0 spiro atoms. The highest BCUT2D eigenvalue weighted by Crippen LogP contribution is 2.29. The molecule has 0 aliphatic heterocycles. The Balaban J connectivity index is 2.67. The number of nitrogens with zero attached hydrogens (tertiary/aromatic N) is 1. The van der Waals surface area contributed by atoms with Crippen LogP contribution in [0.1, 0.15) is 20.3 Å². The Hall–Kier alpha value is -0.530. The number of pyridine rings is 1. The lowest BCUT2D eigenvalue weighted by Crippen LogP contribution is -2.56. The molecule has 1 rings (SSSR count). The van der Waals surface area contributed by atoms with Gasteiger partial charge >= 0.3 is 0 Å². The second kappa shape index (κ2) is 9.08. The van der Waals surface area contributed by atoms with Crippen LogP contribution in [-0.4, -0.2) is 26.0 Å². The van der Waals surface area contributed by atoms with Gasteiger partial charge in [-0.25, -0.2) is 4.98 Å². The third-order valence-corrected chi connectivity index (χ3v) is 3.57. The van der Waals surface area contributed by atoms with E-state index in [4.69, 9.17) is 58.6 Å². The van der Waals surface area contributed by atoms with E-state index in [2.05, 4.69) is 20.9 Å². The van der Waals surface area contributed by atoms with Crippen LogP contribution in [0.3, 0.4) is 0 Å². The fourth-order valence-electron chi connectivity index (χ4n) is 1.52. The number of nitrogens with one attached hydrogen (secondary N) is 3. The van der Waals surface area contributed by atoms with E-state index < -0.39 is 9.96 Å². The molecule has 1 amide bonds. The monoisotopic (exact) mass is 416 g/mol. The second-order valence-corrected chi connectivity index (χ2v) is 8.31. The van der Waals surface area contributed by atoms with Crippen molar-refractivity contribution in [1.82, 2.24) is 15.6 Å². The van der Waals surface area contributed by atoms with E-state index >= 15 is 0 Å². The minimum atomic E-state index is -1.79. The molecule has 5 nitrogen and oxygen atoms in total. The predicted molar refractivity (Wildman–Crippen MR) is 100 cm³/mol. The van der Waals surface area contributed by atoms with Gasteiger partial charge in [-0.1, -0.05) is 60.3 Å². The highest BCUT2D eigenvalue weighted by Gasteiger charge is 2.34. The molecule has 0 fully saturated rings. The van der Waals surface area contributed by atoms with Crippen molar-refractivity contribution in [3.63, 3.8) is 0 Å². The van der Waals surface area contributed by atoms with Crippen LogP contribution in [0.4, 0.5) is 5.82 Å². The van der Waals surface area contributed by atoms with Gasteiger partial charge in [-0.2, -0.15) is 0 Å². The molecule has 3 N–H and O–H groups in total. The Morgan fingerprint density at radius 1 is 1.30 bits per heavy atom. The third-order valence-electron chi connectivity index (χ3n) is 2.47. The highest BCUT2D eigenvalue weighted by atomic mass is 35.6. The van der Waals surface area contributed by atoms with Gasteiger partial charge in [-0.3, -0.25) is 4.79 Å². The maximum Gasteiger partial charge on any atom is 0.228 e. The number of hydrogen-bond donors (Lipinski definition) is 3. The first kappa shape index (κ1) is 20.5. The van der Waals surface area contributed by atoms with Crippen LogP contribution < -0.4 is 16.0 Å². The largest absolute Gasteiger partial charge is 0.339 e. The van der Waals surface area contributed by atoms with E-state index in [1.807, 2.05) is 13.8 Å². The molecular weight excluding hydrogens is 402 g/mol. The lowest BCUT2D eigenvalue weighted by molar-refractivity contribution is -0.122. The van der Waals surface area contributed by atoms with Crippen molar-refractivity contribution in [2.24, 2.45) is 5.92 Å². The normalized spacial score (nSPS) is 12.7. The summed E-state index contributed by atoms with van der Waals surface area (Å²) >= 11 is 28.5. The van der Waals surface area contributed by atoms with Crippen LogP contribution in [-0.2, 0) is 4.79 Å². The van der Waals surface area contributed by atoms with Crippen molar-refractivity contribution in [3.05, 3.63) is 23.4 Å². The summed E-state index contributed by atoms with van der Waals surface area (Å²) in [6.45, 7) is 3.82. The van der Waals surface area contributed by atoms with Gasteiger partial charge in [0.15, 0.2) is 5.11 Å². The molecule has 128 valence electrons. The number of alkyl halides is 3. The van der Waals surface area contributed by atoms with E-state index in [-0.39, 0.29) is 16.9 Å². The Morgan fingerprint density at radius 2 is 1.96 bits per heavy atom. The van der Waals surface area contributed by atoms with Crippen LogP contribution in [0, 0.1) is 5.92 Å². The van der Waals surface area contributed by atoms with Gasteiger partial charge in [0.1, 0.15) is 12.0 Å². The number of hydrogen-bond acceptors (Lipinski definition) is 3. The minimum absolute atomic E-state index is 0.140. The molecule has 0 bridgehead atoms. The summed E-state index contributed by atoms with van der Waals surface area (Å²) in [5.41, 5.74) is 0. The van der Waals surface area contributed by atoms with Crippen LogP contribution in [0.5, 0.6) is 0 Å². The zero-order valence-electron chi connectivity index (χ0n) is 12.4. The summed E-state index contributed by atoms with van der Waals surface area (Å²) in [5, 5.41) is 8.79. The molecule has 0 aliphatic carbocycles. The molecule has 10 heteroatoms. The lowest BCUT2D eigenvalue weighted by Gasteiger charge is -2.28. The number of rotatable bonds is 5. The zero-order valence-corrected chi connectivity index (χ0v) is 16.2. The Labute approximate surface area is 160 Å². The molecule has 0 aliphatic rings. The number of aromatic nitrogens is 1. The van der Waals surface area contributed by atoms with Crippen LogP contribution in [0.25, 0.3) is 0 Å². The molecule has 0 saturated heterocycles. The number of carbonyl (C=O) groups is 1. The van der Waals surface area contributed by atoms with Gasteiger partial charge in [-0.15, -0.1) is 0 Å². The summed E-state index contributed by atoms with van der Waals surface area (Å²) in [5.74, 6) is 0.383. The number of anilines is 1. The topological polar surface area (TPSA) is 66.1 Å². The van der Waals surface area contributed by atoms with Crippen molar-refractivity contribution in [2.45, 2.75) is 30.2 Å². The van der Waals surface area contributed by atoms with Gasteiger partial charge < -0.3 is 16.0 Å². The van der Waals surface area contributed by atoms with Crippen molar-refractivity contribution < 1.29 is 4.79 Å². The predicted octanol–water partition coefficient (Wildman–Crippen LogP) is 3.88. The summed E-state index contributed by atoms with van der Waals surface area (Å²) < 4.78 is -1.79. The number of halogens is 4. The van der Waals surface area contributed by atoms with E-state index in [9.17, 15) is 4.79 Å². The molecular formula is C13H16Cl4N4OS. The average Bonchev–Trinajstić information content (AvgIpc) is 2.38. The second-order valence-electron chi connectivity index (χ2n) is 5.10. The van der Waals surface area contributed by atoms with Crippen molar-refractivity contribution >= 4 is 75.5 Å². The first-order valence-electron chi connectivity index (χ1n) is 6.63. The zero-order chi connectivity index (χ0) is 17.6. The molecule has 0 saturated carbocycles. The van der Waals surface area contributed by atoms with Crippen LogP contribution in [0.15, 0.2) is 18.3 Å². The van der Waals surface area contributed by atoms with E-state index in [0.29, 0.717) is 17.3 Å². The molecule has 1 heterocycles.